The molecule has 1 N–H and O–H groups in total. The third-order valence-electron chi connectivity index (χ3n) is 3.60. The van der Waals surface area contributed by atoms with E-state index in [1.54, 1.807) is 0 Å². The first-order chi connectivity index (χ1) is 10.3. The summed E-state index contributed by atoms with van der Waals surface area (Å²) in [5.41, 5.74) is 0.185. The maximum atomic E-state index is 13.3. The highest BCUT2D eigenvalue weighted by Crippen LogP contribution is 2.39. The van der Waals surface area contributed by atoms with E-state index in [0.29, 0.717) is 5.56 Å². The molecule has 0 spiro atoms. The van der Waals surface area contributed by atoms with Crippen LogP contribution in [0.2, 0.25) is 0 Å². The van der Waals surface area contributed by atoms with E-state index < -0.39 is 35.2 Å². The Balaban J connectivity index is 1.92. The van der Waals surface area contributed by atoms with Gasteiger partial charge in [0.15, 0.2) is 17.5 Å². The van der Waals surface area contributed by atoms with Gasteiger partial charge in [0, 0.05) is 5.69 Å². The van der Waals surface area contributed by atoms with E-state index in [2.05, 4.69) is 5.32 Å². The van der Waals surface area contributed by atoms with Gasteiger partial charge in [0.25, 0.3) is 0 Å². The number of benzene rings is 2. The first-order valence-electron chi connectivity index (χ1n) is 6.37. The molecule has 116 valence electrons. The number of anilines is 1. The summed E-state index contributed by atoms with van der Waals surface area (Å²) in [4.78, 5) is 0. The minimum absolute atomic E-state index is 0.140. The van der Waals surface area contributed by atoms with E-state index >= 15 is 0 Å². The Hall–Kier alpha value is -2.18. The topological polar surface area (TPSA) is 12.0 Å². The lowest BCUT2D eigenvalue weighted by Crippen LogP contribution is -2.08. The molecule has 0 aromatic heterocycles. The number of hydrogen-bond donors (Lipinski definition) is 1. The Morgan fingerprint density at radius 2 is 1.59 bits per heavy atom. The highest BCUT2D eigenvalue weighted by molar-refractivity contribution is 5.60. The van der Waals surface area contributed by atoms with Crippen LogP contribution in [-0.4, -0.2) is 0 Å². The van der Waals surface area contributed by atoms with Crippen LogP contribution in [0.1, 0.15) is 22.7 Å². The zero-order valence-electron chi connectivity index (χ0n) is 10.9. The van der Waals surface area contributed by atoms with Crippen molar-refractivity contribution >= 4 is 5.69 Å². The SMILES string of the molecule is Fc1cc(C2Cc3ccc(C(F)(F)F)cc3N2)cc(F)c1F. The summed E-state index contributed by atoms with van der Waals surface area (Å²) in [7, 11) is 0. The summed E-state index contributed by atoms with van der Waals surface area (Å²) in [5, 5.41) is 2.78. The molecule has 0 saturated heterocycles. The molecule has 1 unspecified atom stereocenters. The van der Waals surface area contributed by atoms with E-state index in [9.17, 15) is 26.3 Å². The minimum atomic E-state index is -4.47. The monoisotopic (exact) mass is 317 g/mol. The van der Waals surface area contributed by atoms with Gasteiger partial charge in [-0.1, -0.05) is 6.07 Å². The molecular weight excluding hydrogens is 308 g/mol. The number of alkyl halides is 3. The molecule has 22 heavy (non-hydrogen) atoms. The van der Waals surface area contributed by atoms with Crippen molar-refractivity contribution in [1.29, 1.82) is 0 Å². The maximum Gasteiger partial charge on any atom is 0.416 e. The number of fused-ring (bicyclic) bond motifs is 1. The summed E-state index contributed by atoms with van der Waals surface area (Å²) < 4.78 is 77.4. The predicted octanol–water partition coefficient (Wildman–Crippen LogP) is 4.83. The summed E-state index contributed by atoms with van der Waals surface area (Å²) >= 11 is 0. The zero-order valence-corrected chi connectivity index (χ0v) is 10.9. The second-order valence-corrected chi connectivity index (χ2v) is 5.07. The van der Waals surface area contributed by atoms with Crippen molar-refractivity contribution in [3.63, 3.8) is 0 Å². The molecule has 0 saturated carbocycles. The molecule has 1 heterocycles. The quantitative estimate of drug-likeness (QED) is 0.587. The number of nitrogens with one attached hydrogen (secondary N) is 1. The molecule has 2 aromatic carbocycles. The number of rotatable bonds is 1. The van der Waals surface area contributed by atoms with E-state index in [1.807, 2.05) is 0 Å². The Morgan fingerprint density at radius 1 is 0.955 bits per heavy atom. The lowest BCUT2D eigenvalue weighted by atomic mass is 10.0. The largest absolute Gasteiger partial charge is 0.416 e. The van der Waals surface area contributed by atoms with Crippen LogP contribution >= 0.6 is 0 Å². The van der Waals surface area contributed by atoms with Gasteiger partial charge >= 0.3 is 6.18 Å². The average molecular weight is 317 g/mol. The highest BCUT2D eigenvalue weighted by Gasteiger charge is 2.33. The summed E-state index contributed by atoms with van der Waals surface area (Å²) in [5.74, 6) is -4.23. The van der Waals surface area contributed by atoms with Crippen LogP contribution < -0.4 is 5.32 Å². The molecule has 7 heteroatoms. The standard InChI is InChI=1S/C15H9F6N/c16-10-3-8(4-11(17)14(10)18)12-5-7-1-2-9(15(19,20)21)6-13(7)22-12/h1-4,6,12,22H,5H2. The van der Waals surface area contributed by atoms with Crippen LogP contribution in [0.25, 0.3) is 0 Å². The van der Waals surface area contributed by atoms with Gasteiger partial charge in [-0.05, 0) is 41.8 Å². The molecule has 0 amide bonds. The predicted molar refractivity (Wildman–Crippen MR) is 67.8 cm³/mol. The maximum absolute atomic E-state index is 13.3. The van der Waals surface area contributed by atoms with Crippen LogP contribution in [0.5, 0.6) is 0 Å². The Morgan fingerprint density at radius 3 is 2.18 bits per heavy atom. The fraction of sp³-hybridized carbons (Fsp3) is 0.200. The van der Waals surface area contributed by atoms with Crippen LogP contribution in [0.3, 0.4) is 0 Å². The number of hydrogen-bond acceptors (Lipinski definition) is 1. The van der Waals surface area contributed by atoms with Crippen LogP contribution in [-0.2, 0) is 12.6 Å². The molecule has 3 rings (SSSR count). The van der Waals surface area contributed by atoms with E-state index in [1.165, 1.54) is 6.07 Å². The van der Waals surface area contributed by atoms with Gasteiger partial charge in [-0.25, -0.2) is 13.2 Å². The lowest BCUT2D eigenvalue weighted by Gasteiger charge is -2.13. The van der Waals surface area contributed by atoms with E-state index in [0.717, 1.165) is 24.3 Å². The third-order valence-corrected chi connectivity index (χ3v) is 3.60. The van der Waals surface area contributed by atoms with Crippen molar-refractivity contribution in [2.75, 3.05) is 5.32 Å². The normalized spacial score (nSPS) is 17.3. The minimum Gasteiger partial charge on any atom is -0.378 e. The van der Waals surface area contributed by atoms with Gasteiger partial charge in [0.2, 0.25) is 0 Å². The highest BCUT2D eigenvalue weighted by atomic mass is 19.4. The number of halogens is 6. The molecule has 0 bridgehead atoms. The van der Waals surface area contributed by atoms with Crippen LogP contribution in [0.4, 0.5) is 32.0 Å². The molecule has 1 atom stereocenters. The van der Waals surface area contributed by atoms with E-state index in [-0.39, 0.29) is 17.7 Å². The molecule has 0 aliphatic carbocycles. The van der Waals surface area contributed by atoms with Crippen LogP contribution in [0, 0.1) is 17.5 Å². The second-order valence-electron chi connectivity index (χ2n) is 5.07. The Kier molecular flexibility index (Phi) is 3.30. The molecule has 2 aromatic rings. The first kappa shape index (κ1) is 14.7. The summed E-state index contributed by atoms with van der Waals surface area (Å²) in [6.07, 6.45) is -4.21. The molecule has 0 fully saturated rings. The first-order valence-corrected chi connectivity index (χ1v) is 6.37. The summed E-state index contributed by atoms with van der Waals surface area (Å²) in [6.45, 7) is 0. The van der Waals surface area contributed by atoms with Gasteiger partial charge in [0.1, 0.15) is 0 Å². The van der Waals surface area contributed by atoms with Crippen molar-refractivity contribution < 1.29 is 26.3 Å². The molecule has 1 aliphatic rings. The molecule has 1 nitrogen and oxygen atoms in total. The smallest absolute Gasteiger partial charge is 0.378 e. The van der Waals surface area contributed by atoms with Crippen molar-refractivity contribution in [2.24, 2.45) is 0 Å². The second kappa shape index (κ2) is 4.93. The molecular formula is C15H9F6N. The summed E-state index contributed by atoms with van der Waals surface area (Å²) in [6, 6.07) is 4.30. The van der Waals surface area contributed by atoms with Gasteiger partial charge < -0.3 is 5.32 Å². The van der Waals surface area contributed by atoms with Crippen molar-refractivity contribution in [2.45, 2.75) is 18.6 Å². The van der Waals surface area contributed by atoms with Gasteiger partial charge in [-0.15, -0.1) is 0 Å². The zero-order chi connectivity index (χ0) is 16.1. The molecule has 1 aliphatic heterocycles. The van der Waals surface area contributed by atoms with E-state index in [4.69, 9.17) is 0 Å². The third kappa shape index (κ3) is 2.51. The molecule has 0 radical (unpaired) electrons. The fourth-order valence-corrected chi connectivity index (χ4v) is 2.50. The van der Waals surface area contributed by atoms with Gasteiger partial charge in [-0.2, -0.15) is 13.2 Å². The Labute approximate surface area is 121 Å². The van der Waals surface area contributed by atoms with Crippen molar-refractivity contribution in [3.05, 3.63) is 64.5 Å². The van der Waals surface area contributed by atoms with Gasteiger partial charge in [0.05, 0.1) is 11.6 Å². The fourth-order valence-electron chi connectivity index (χ4n) is 2.50. The Bertz CT molecular complexity index is 714. The van der Waals surface area contributed by atoms with Crippen LogP contribution in [0.15, 0.2) is 30.3 Å². The van der Waals surface area contributed by atoms with Crippen molar-refractivity contribution in [3.8, 4) is 0 Å². The van der Waals surface area contributed by atoms with Gasteiger partial charge in [-0.3, -0.25) is 0 Å². The lowest BCUT2D eigenvalue weighted by molar-refractivity contribution is -0.137. The average Bonchev–Trinajstić information content (AvgIpc) is 2.86. The van der Waals surface area contributed by atoms with Crippen molar-refractivity contribution in [1.82, 2.24) is 0 Å².